The average Bonchev–Trinajstić information content (AvgIpc) is 2.68. The lowest BCUT2D eigenvalue weighted by atomic mass is 9.93. The molecule has 0 bridgehead atoms. The number of carbonyl (C=O) groups excluding carboxylic acids is 3. The third-order valence-corrected chi connectivity index (χ3v) is 4.51. The maximum Gasteiger partial charge on any atom is 0.339 e. The largest absolute Gasteiger partial charge is 0.454 e. The van der Waals surface area contributed by atoms with Gasteiger partial charge in [-0.3, -0.25) is 9.59 Å². The third-order valence-electron chi connectivity index (χ3n) is 4.51. The van der Waals surface area contributed by atoms with Crippen molar-refractivity contribution in [3.63, 3.8) is 0 Å². The average molecular weight is 366 g/mol. The molecule has 0 aliphatic carbocycles. The van der Waals surface area contributed by atoms with Crippen molar-refractivity contribution in [1.82, 2.24) is 10.6 Å². The molecule has 0 aromatic heterocycles. The van der Waals surface area contributed by atoms with Gasteiger partial charge in [-0.2, -0.15) is 0 Å². The molecule has 1 aliphatic rings. The molecule has 0 saturated carbocycles. The standard InChI is InChI=1S/C21H22N2O4/c1-3-22-19(24)13(2)23-20(25)15-9-10-17-16(11-15)12-18(27-21(17)26)14-7-5-4-6-8-14/h4-11,13,18H,3,12H2,1-2H3,(H,22,24)(H,23,25)/t13-,18+/m0/s1. The SMILES string of the molecule is CCNC(=O)[C@H](C)NC(=O)c1ccc2c(c1)C[C@H](c1ccccc1)OC2=O. The van der Waals surface area contributed by atoms with Gasteiger partial charge in [0, 0.05) is 18.5 Å². The molecule has 2 N–H and O–H groups in total. The van der Waals surface area contributed by atoms with Gasteiger partial charge in [0.25, 0.3) is 5.91 Å². The second-order valence-electron chi connectivity index (χ2n) is 6.47. The van der Waals surface area contributed by atoms with Crippen LogP contribution in [0.3, 0.4) is 0 Å². The molecule has 1 heterocycles. The molecular weight excluding hydrogens is 344 g/mol. The first-order valence-electron chi connectivity index (χ1n) is 8.97. The van der Waals surface area contributed by atoms with Gasteiger partial charge in [0.2, 0.25) is 5.91 Å². The Labute approximate surface area is 157 Å². The Morgan fingerprint density at radius 1 is 1.19 bits per heavy atom. The number of esters is 1. The van der Waals surface area contributed by atoms with Crippen molar-refractivity contribution >= 4 is 17.8 Å². The normalized spacial score (nSPS) is 16.7. The molecule has 0 unspecified atom stereocenters. The number of carbonyl (C=O) groups is 3. The van der Waals surface area contributed by atoms with E-state index in [1.165, 1.54) is 0 Å². The van der Waals surface area contributed by atoms with E-state index in [-0.39, 0.29) is 17.9 Å². The number of hydrogen-bond donors (Lipinski definition) is 2. The first kappa shape index (κ1) is 18.6. The summed E-state index contributed by atoms with van der Waals surface area (Å²) in [5.74, 6) is -0.990. The molecule has 0 radical (unpaired) electrons. The van der Waals surface area contributed by atoms with Crippen LogP contribution < -0.4 is 10.6 Å². The Morgan fingerprint density at radius 3 is 2.63 bits per heavy atom. The van der Waals surface area contributed by atoms with E-state index in [0.717, 1.165) is 11.1 Å². The smallest absolute Gasteiger partial charge is 0.339 e. The lowest BCUT2D eigenvalue weighted by Crippen LogP contribution is -2.44. The Kier molecular flexibility index (Phi) is 5.54. The number of rotatable bonds is 5. The highest BCUT2D eigenvalue weighted by molar-refractivity contribution is 5.99. The molecule has 2 atom stereocenters. The molecule has 6 heteroatoms. The predicted molar refractivity (Wildman–Crippen MR) is 100 cm³/mol. The number of nitrogens with one attached hydrogen (secondary N) is 2. The molecule has 2 aromatic carbocycles. The minimum absolute atomic E-state index is 0.239. The van der Waals surface area contributed by atoms with Gasteiger partial charge in [-0.1, -0.05) is 30.3 Å². The van der Waals surface area contributed by atoms with Crippen molar-refractivity contribution in [3.8, 4) is 0 Å². The summed E-state index contributed by atoms with van der Waals surface area (Å²) in [4.78, 5) is 36.6. The zero-order valence-corrected chi connectivity index (χ0v) is 15.3. The van der Waals surface area contributed by atoms with Gasteiger partial charge in [0.05, 0.1) is 5.56 Å². The zero-order valence-electron chi connectivity index (χ0n) is 15.3. The van der Waals surface area contributed by atoms with Gasteiger partial charge in [-0.15, -0.1) is 0 Å². The van der Waals surface area contributed by atoms with E-state index in [2.05, 4.69) is 10.6 Å². The molecule has 27 heavy (non-hydrogen) atoms. The Hall–Kier alpha value is -3.15. The van der Waals surface area contributed by atoms with Crippen molar-refractivity contribution in [2.75, 3.05) is 6.54 Å². The highest BCUT2D eigenvalue weighted by atomic mass is 16.5. The van der Waals surface area contributed by atoms with Crippen LogP contribution in [0.15, 0.2) is 48.5 Å². The predicted octanol–water partition coefficient (Wildman–Crippen LogP) is 2.40. The summed E-state index contributed by atoms with van der Waals surface area (Å²) in [7, 11) is 0. The Bertz CT molecular complexity index is 864. The molecule has 1 aliphatic heterocycles. The van der Waals surface area contributed by atoms with Crippen molar-refractivity contribution < 1.29 is 19.1 Å². The first-order valence-corrected chi connectivity index (χ1v) is 8.97. The number of fused-ring (bicyclic) bond motifs is 1. The minimum atomic E-state index is -0.643. The fourth-order valence-corrected chi connectivity index (χ4v) is 3.06. The van der Waals surface area contributed by atoms with Crippen LogP contribution in [0.2, 0.25) is 0 Å². The van der Waals surface area contributed by atoms with Crippen LogP contribution in [-0.4, -0.2) is 30.4 Å². The maximum atomic E-state index is 12.5. The molecule has 0 spiro atoms. The molecule has 2 aromatic rings. The van der Waals surface area contributed by atoms with E-state index in [9.17, 15) is 14.4 Å². The zero-order chi connectivity index (χ0) is 19.4. The summed E-state index contributed by atoms with van der Waals surface area (Å²) in [5, 5.41) is 5.34. The lowest BCUT2D eigenvalue weighted by Gasteiger charge is -2.25. The number of cyclic esters (lactones) is 1. The third kappa shape index (κ3) is 4.16. The van der Waals surface area contributed by atoms with E-state index in [4.69, 9.17) is 4.74 Å². The molecule has 3 rings (SSSR count). The van der Waals surface area contributed by atoms with Gasteiger partial charge in [0.1, 0.15) is 12.1 Å². The van der Waals surface area contributed by atoms with Crippen LogP contribution in [-0.2, 0) is 16.0 Å². The van der Waals surface area contributed by atoms with E-state index < -0.39 is 12.0 Å². The number of benzene rings is 2. The minimum Gasteiger partial charge on any atom is -0.454 e. The van der Waals surface area contributed by atoms with Crippen molar-refractivity contribution in [3.05, 3.63) is 70.8 Å². The van der Waals surface area contributed by atoms with Gasteiger partial charge in [-0.25, -0.2) is 4.79 Å². The summed E-state index contributed by atoms with van der Waals surface area (Å²) in [6.07, 6.45) is 0.122. The number of amides is 2. The summed E-state index contributed by atoms with van der Waals surface area (Å²) in [5.41, 5.74) is 2.55. The van der Waals surface area contributed by atoms with Crippen molar-refractivity contribution in [1.29, 1.82) is 0 Å². The molecular formula is C21H22N2O4. The van der Waals surface area contributed by atoms with E-state index in [0.29, 0.717) is 24.1 Å². The van der Waals surface area contributed by atoms with Crippen LogP contribution in [0.1, 0.15) is 51.8 Å². The van der Waals surface area contributed by atoms with Crippen molar-refractivity contribution in [2.45, 2.75) is 32.4 Å². The fraction of sp³-hybridized carbons (Fsp3) is 0.286. The Morgan fingerprint density at radius 2 is 1.93 bits per heavy atom. The molecule has 140 valence electrons. The quantitative estimate of drug-likeness (QED) is 0.796. The van der Waals surface area contributed by atoms with Gasteiger partial charge < -0.3 is 15.4 Å². The summed E-state index contributed by atoms with van der Waals surface area (Å²) < 4.78 is 5.53. The number of ether oxygens (including phenoxy) is 1. The van der Waals surface area contributed by atoms with Crippen molar-refractivity contribution in [2.24, 2.45) is 0 Å². The van der Waals surface area contributed by atoms with Gasteiger partial charge >= 0.3 is 5.97 Å². The van der Waals surface area contributed by atoms with Crippen LogP contribution in [0.5, 0.6) is 0 Å². The monoisotopic (exact) mass is 366 g/mol. The highest BCUT2D eigenvalue weighted by Gasteiger charge is 2.28. The summed E-state index contributed by atoms with van der Waals surface area (Å²) in [6, 6.07) is 13.7. The Balaban J connectivity index is 1.79. The van der Waals surface area contributed by atoms with E-state index >= 15 is 0 Å². The van der Waals surface area contributed by atoms with Crippen LogP contribution >= 0.6 is 0 Å². The van der Waals surface area contributed by atoms with E-state index in [1.54, 1.807) is 25.1 Å². The molecule has 0 saturated heterocycles. The second-order valence-corrected chi connectivity index (χ2v) is 6.47. The van der Waals surface area contributed by atoms with Crippen LogP contribution in [0.25, 0.3) is 0 Å². The van der Waals surface area contributed by atoms with Gasteiger partial charge in [-0.05, 0) is 43.2 Å². The number of hydrogen-bond acceptors (Lipinski definition) is 4. The van der Waals surface area contributed by atoms with Gasteiger partial charge in [0.15, 0.2) is 0 Å². The summed E-state index contributed by atoms with van der Waals surface area (Å²) in [6.45, 7) is 3.95. The number of likely N-dealkylation sites (N-methyl/N-ethyl adjacent to an activating group) is 1. The molecule has 2 amide bonds. The highest BCUT2D eigenvalue weighted by Crippen LogP contribution is 2.31. The summed E-state index contributed by atoms with van der Waals surface area (Å²) >= 11 is 0. The molecule has 6 nitrogen and oxygen atoms in total. The van der Waals surface area contributed by atoms with E-state index in [1.807, 2.05) is 37.3 Å². The second kappa shape index (κ2) is 8.03. The van der Waals surface area contributed by atoms with Crippen LogP contribution in [0.4, 0.5) is 0 Å². The molecule has 0 fully saturated rings. The fourth-order valence-electron chi connectivity index (χ4n) is 3.06. The topological polar surface area (TPSA) is 84.5 Å². The van der Waals surface area contributed by atoms with Crippen LogP contribution in [0, 0.1) is 0 Å². The lowest BCUT2D eigenvalue weighted by molar-refractivity contribution is -0.122. The first-order chi connectivity index (χ1) is 13.0. The maximum absolute atomic E-state index is 12.5.